The minimum Gasteiger partial charge on any atom is -0.217 e. The Morgan fingerprint density at radius 2 is 2.00 bits per heavy atom. The summed E-state index contributed by atoms with van der Waals surface area (Å²) < 4.78 is 0. The van der Waals surface area contributed by atoms with E-state index in [-0.39, 0.29) is 0 Å². The van der Waals surface area contributed by atoms with Gasteiger partial charge in [0.25, 0.3) is 0 Å². The molecule has 19 heavy (non-hydrogen) atoms. The second-order valence-electron chi connectivity index (χ2n) is 3.77. The summed E-state index contributed by atoms with van der Waals surface area (Å²) >= 11 is 0. The molecule has 1 aromatic carbocycles. The van der Waals surface area contributed by atoms with Gasteiger partial charge in [-0.15, -0.1) is 6.42 Å². The van der Waals surface area contributed by atoms with Gasteiger partial charge in [0.05, 0.1) is 0 Å². The first kappa shape index (κ1) is 12.7. The summed E-state index contributed by atoms with van der Waals surface area (Å²) in [5, 5.41) is 0. The minimum absolute atomic E-state index is 0.574. The van der Waals surface area contributed by atoms with Crippen molar-refractivity contribution in [3.05, 3.63) is 60.7 Å². The summed E-state index contributed by atoms with van der Waals surface area (Å²) in [6.45, 7) is 1.92. The Kier molecular flexibility index (Phi) is 4.20. The van der Waals surface area contributed by atoms with Crippen LogP contribution in [0.5, 0.6) is 0 Å². The standard InChI is InChI=1S/C16H13N3/c1-3-8-13(9-4-2)15-17-12-18-16(19-15)14-10-6-5-7-11-14/h1,4-12H,2H3/b9-4-,13-8+. The van der Waals surface area contributed by atoms with Gasteiger partial charge >= 0.3 is 0 Å². The normalized spacial score (nSPS) is 11.5. The number of allylic oxidation sites excluding steroid dienone is 4. The number of benzene rings is 1. The Labute approximate surface area is 112 Å². The quantitative estimate of drug-likeness (QED) is 0.618. The molecule has 0 aliphatic carbocycles. The molecule has 0 atom stereocenters. The summed E-state index contributed by atoms with van der Waals surface area (Å²) in [7, 11) is 0. The smallest absolute Gasteiger partial charge is 0.164 e. The number of hydrogen-bond acceptors (Lipinski definition) is 3. The molecule has 92 valence electrons. The van der Waals surface area contributed by atoms with Gasteiger partial charge in [-0.05, 0) is 13.0 Å². The third-order valence-corrected chi connectivity index (χ3v) is 2.45. The average molecular weight is 247 g/mol. The average Bonchev–Trinajstić information content (AvgIpc) is 2.48. The molecule has 0 amide bonds. The predicted molar refractivity (Wildman–Crippen MR) is 76.9 cm³/mol. The fraction of sp³-hybridized carbons (Fsp3) is 0.0625. The molecule has 0 fully saturated rings. The van der Waals surface area contributed by atoms with E-state index in [1.165, 1.54) is 6.33 Å². The number of nitrogens with zero attached hydrogens (tertiary/aromatic N) is 3. The zero-order chi connectivity index (χ0) is 13.5. The van der Waals surface area contributed by atoms with Gasteiger partial charge in [-0.1, -0.05) is 48.4 Å². The highest BCUT2D eigenvalue weighted by Gasteiger charge is 2.05. The molecule has 2 rings (SSSR count). The van der Waals surface area contributed by atoms with Gasteiger partial charge < -0.3 is 0 Å². The Morgan fingerprint density at radius 3 is 2.68 bits per heavy atom. The fourth-order valence-corrected chi connectivity index (χ4v) is 1.62. The lowest BCUT2D eigenvalue weighted by atomic mass is 10.2. The Balaban J connectivity index is 2.45. The molecule has 0 spiro atoms. The van der Waals surface area contributed by atoms with E-state index in [2.05, 4.69) is 20.9 Å². The largest absolute Gasteiger partial charge is 0.217 e. The Morgan fingerprint density at radius 1 is 1.21 bits per heavy atom. The lowest BCUT2D eigenvalue weighted by Gasteiger charge is -2.03. The first-order valence-corrected chi connectivity index (χ1v) is 5.89. The molecule has 0 unspecified atom stereocenters. The van der Waals surface area contributed by atoms with E-state index in [9.17, 15) is 0 Å². The number of terminal acetylenes is 1. The van der Waals surface area contributed by atoms with E-state index in [1.807, 2.05) is 49.4 Å². The third-order valence-electron chi connectivity index (χ3n) is 2.45. The zero-order valence-corrected chi connectivity index (χ0v) is 10.6. The highest BCUT2D eigenvalue weighted by atomic mass is 15.0. The number of aromatic nitrogens is 3. The maximum absolute atomic E-state index is 5.31. The van der Waals surface area contributed by atoms with Crippen molar-refractivity contribution in [1.29, 1.82) is 0 Å². The molecule has 0 saturated carbocycles. The lowest BCUT2D eigenvalue weighted by molar-refractivity contribution is 1.03. The zero-order valence-electron chi connectivity index (χ0n) is 10.6. The van der Waals surface area contributed by atoms with E-state index >= 15 is 0 Å². The van der Waals surface area contributed by atoms with Crippen molar-refractivity contribution in [3.8, 4) is 23.7 Å². The molecule has 0 saturated heterocycles. The minimum atomic E-state index is 0.574. The van der Waals surface area contributed by atoms with E-state index in [0.29, 0.717) is 11.6 Å². The first-order valence-electron chi connectivity index (χ1n) is 5.89. The van der Waals surface area contributed by atoms with Crippen LogP contribution in [0.15, 0.2) is 54.9 Å². The third kappa shape index (κ3) is 3.14. The summed E-state index contributed by atoms with van der Waals surface area (Å²) in [5.74, 6) is 3.71. The highest BCUT2D eigenvalue weighted by Crippen LogP contribution is 2.16. The van der Waals surface area contributed by atoms with Crippen LogP contribution in [0.4, 0.5) is 0 Å². The molecule has 3 heteroatoms. The van der Waals surface area contributed by atoms with Crippen LogP contribution in [0, 0.1) is 12.3 Å². The van der Waals surface area contributed by atoms with E-state index in [1.54, 1.807) is 6.08 Å². The summed E-state index contributed by atoms with van der Waals surface area (Å²) in [4.78, 5) is 12.8. The highest BCUT2D eigenvalue weighted by molar-refractivity contribution is 5.72. The van der Waals surface area contributed by atoms with Crippen LogP contribution >= 0.6 is 0 Å². The van der Waals surface area contributed by atoms with Crippen LogP contribution in [-0.4, -0.2) is 15.0 Å². The van der Waals surface area contributed by atoms with Crippen LogP contribution in [-0.2, 0) is 0 Å². The van der Waals surface area contributed by atoms with Gasteiger partial charge in [-0.3, -0.25) is 0 Å². The van der Waals surface area contributed by atoms with E-state index in [4.69, 9.17) is 6.42 Å². The SMILES string of the molecule is C#C/C=C(\C=C/C)c1ncnc(-c2ccccc2)n1. The molecule has 0 bridgehead atoms. The van der Waals surface area contributed by atoms with Crippen molar-refractivity contribution in [1.82, 2.24) is 15.0 Å². The summed E-state index contributed by atoms with van der Waals surface area (Å²) in [6.07, 6.45) is 12.2. The van der Waals surface area contributed by atoms with Crippen molar-refractivity contribution >= 4 is 5.57 Å². The molecule has 2 aromatic rings. The van der Waals surface area contributed by atoms with Gasteiger partial charge in [0, 0.05) is 11.1 Å². The van der Waals surface area contributed by atoms with Crippen LogP contribution in [0.3, 0.4) is 0 Å². The van der Waals surface area contributed by atoms with Crippen molar-refractivity contribution in [2.75, 3.05) is 0 Å². The predicted octanol–water partition coefficient (Wildman–Crippen LogP) is 3.13. The molecule has 0 aliphatic rings. The van der Waals surface area contributed by atoms with Gasteiger partial charge in [0.1, 0.15) is 6.33 Å². The molecule has 0 N–H and O–H groups in total. The molecule has 1 aromatic heterocycles. The van der Waals surface area contributed by atoms with Crippen LogP contribution in [0.2, 0.25) is 0 Å². The van der Waals surface area contributed by atoms with Crippen molar-refractivity contribution < 1.29 is 0 Å². The summed E-state index contributed by atoms with van der Waals surface area (Å²) in [6, 6.07) is 9.76. The number of rotatable bonds is 3. The molecule has 1 heterocycles. The second-order valence-corrected chi connectivity index (χ2v) is 3.77. The van der Waals surface area contributed by atoms with Gasteiger partial charge in [-0.25, -0.2) is 15.0 Å². The molecule has 0 radical (unpaired) electrons. The van der Waals surface area contributed by atoms with Crippen LogP contribution in [0.25, 0.3) is 17.0 Å². The molecular weight excluding hydrogens is 234 g/mol. The molecular formula is C16H13N3. The molecule has 0 aliphatic heterocycles. The van der Waals surface area contributed by atoms with Crippen molar-refractivity contribution in [2.45, 2.75) is 6.92 Å². The Hall–Kier alpha value is -2.73. The van der Waals surface area contributed by atoms with Gasteiger partial charge in [-0.2, -0.15) is 0 Å². The Bertz CT molecular complexity index is 649. The van der Waals surface area contributed by atoms with Gasteiger partial charge in [0.2, 0.25) is 0 Å². The maximum atomic E-state index is 5.31. The van der Waals surface area contributed by atoms with Crippen LogP contribution < -0.4 is 0 Å². The van der Waals surface area contributed by atoms with Gasteiger partial charge in [0.15, 0.2) is 11.6 Å². The lowest BCUT2D eigenvalue weighted by Crippen LogP contribution is -1.97. The van der Waals surface area contributed by atoms with Crippen LogP contribution in [0.1, 0.15) is 12.7 Å². The molecule has 3 nitrogen and oxygen atoms in total. The maximum Gasteiger partial charge on any atom is 0.164 e. The van der Waals surface area contributed by atoms with E-state index < -0.39 is 0 Å². The van der Waals surface area contributed by atoms with E-state index in [0.717, 1.165) is 11.1 Å². The first-order chi connectivity index (χ1) is 9.35. The van der Waals surface area contributed by atoms with Crippen molar-refractivity contribution in [3.63, 3.8) is 0 Å². The number of hydrogen-bond donors (Lipinski definition) is 0. The van der Waals surface area contributed by atoms with Crippen molar-refractivity contribution in [2.24, 2.45) is 0 Å². The second kappa shape index (κ2) is 6.27. The fourth-order valence-electron chi connectivity index (χ4n) is 1.62. The monoisotopic (exact) mass is 247 g/mol. The topological polar surface area (TPSA) is 38.7 Å². The summed E-state index contributed by atoms with van der Waals surface area (Å²) in [5.41, 5.74) is 1.75.